The molecule has 0 unspecified atom stereocenters. The summed E-state index contributed by atoms with van der Waals surface area (Å²) in [7, 11) is 0. The fourth-order valence-corrected chi connectivity index (χ4v) is 6.85. The van der Waals surface area contributed by atoms with Crippen molar-refractivity contribution in [1.29, 1.82) is 0 Å². The van der Waals surface area contributed by atoms with Crippen molar-refractivity contribution in [2.45, 2.75) is 77.2 Å². The first-order valence-electron chi connectivity index (χ1n) is 9.16. The summed E-state index contributed by atoms with van der Waals surface area (Å²) in [5, 5.41) is 10.4. The number of fused-ring (bicyclic) bond motifs is 5. The van der Waals surface area contributed by atoms with E-state index >= 15 is 0 Å². The zero-order valence-electron chi connectivity index (χ0n) is 13.6. The number of aliphatic hydroxyl groups is 1. The third-order valence-electron chi connectivity index (χ3n) is 7.95. The van der Waals surface area contributed by atoms with E-state index in [1.807, 2.05) is 6.92 Å². The van der Waals surface area contributed by atoms with Crippen molar-refractivity contribution in [2.24, 2.45) is 35.0 Å². The number of Topliss-reactive ketones (excluding diaryl/α,β-unsaturated/α-hetero) is 1. The average Bonchev–Trinajstić information content (AvgIpc) is 2.73. The molecule has 4 fully saturated rings. The van der Waals surface area contributed by atoms with Crippen LogP contribution in [0.3, 0.4) is 0 Å². The highest BCUT2D eigenvalue weighted by atomic mass is 16.3. The maximum Gasteiger partial charge on any atom is 0.139 e. The van der Waals surface area contributed by atoms with E-state index in [0.717, 1.165) is 55.8 Å². The van der Waals surface area contributed by atoms with Crippen LogP contribution in [0.1, 0.15) is 71.6 Å². The van der Waals surface area contributed by atoms with Gasteiger partial charge >= 0.3 is 0 Å². The van der Waals surface area contributed by atoms with Gasteiger partial charge in [-0.05, 0) is 87.9 Å². The van der Waals surface area contributed by atoms with Gasteiger partial charge < -0.3 is 5.11 Å². The summed E-state index contributed by atoms with van der Waals surface area (Å²) in [6, 6.07) is 0. The molecule has 21 heavy (non-hydrogen) atoms. The van der Waals surface area contributed by atoms with Crippen molar-refractivity contribution in [2.75, 3.05) is 0 Å². The van der Waals surface area contributed by atoms with E-state index < -0.39 is 5.60 Å². The second kappa shape index (κ2) is 4.57. The average molecular weight is 290 g/mol. The zero-order valence-corrected chi connectivity index (χ0v) is 13.6. The van der Waals surface area contributed by atoms with Crippen LogP contribution in [-0.4, -0.2) is 16.5 Å². The molecule has 0 amide bonds. The highest BCUT2D eigenvalue weighted by molar-refractivity contribution is 5.87. The number of hydrogen-bond acceptors (Lipinski definition) is 2. The topological polar surface area (TPSA) is 37.3 Å². The Labute approximate surface area is 128 Å². The fraction of sp³-hybridized carbons (Fsp3) is 0.947. The highest BCUT2D eigenvalue weighted by Crippen LogP contribution is 2.61. The van der Waals surface area contributed by atoms with E-state index in [-0.39, 0.29) is 5.41 Å². The molecule has 0 spiro atoms. The quantitative estimate of drug-likeness (QED) is 0.733. The molecule has 2 heteroatoms. The molecular formula is C19H30O2. The molecule has 0 aromatic heterocycles. The first-order valence-corrected chi connectivity index (χ1v) is 9.16. The molecule has 0 aromatic carbocycles. The second-order valence-electron chi connectivity index (χ2n) is 9.09. The van der Waals surface area contributed by atoms with Crippen LogP contribution in [0.25, 0.3) is 0 Å². The maximum absolute atomic E-state index is 12.3. The molecule has 0 aromatic rings. The van der Waals surface area contributed by atoms with Gasteiger partial charge in [0.05, 0.1) is 5.60 Å². The fourth-order valence-electron chi connectivity index (χ4n) is 6.85. The van der Waals surface area contributed by atoms with Gasteiger partial charge in [0.15, 0.2) is 0 Å². The van der Waals surface area contributed by atoms with Gasteiger partial charge in [-0.3, -0.25) is 4.79 Å². The Morgan fingerprint density at radius 2 is 1.71 bits per heavy atom. The van der Waals surface area contributed by atoms with E-state index in [1.165, 1.54) is 25.7 Å². The highest BCUT2D eigenvalue weighted by Gasteiger charge is 2.57. The van der Waals surface area contributed by atoms with Crippen molar-refractivity contribution in [3.8, 4) is 0 Å². The number of rotatable bonds is 0. The molecule has 1 N–H and O–H groups in total. The Morgan fingerprint density at radius 3 is 2.52 bits per heavy atom. The summed E-state index contributed by atoms with van der Waals surface area (Å²) >= 11 is 0. The van der Waals surface area contributed by atoms with Crippen LogP contribution in [0.4, 0.5) is 0 Å². The molecule has 0 heterocycles. The van der Waals surface area contributed by atoms with E-state index in [1.54, 1.807) is 0 Å². The molecule has 0 radical (unpaired) electrons. The van der Waals surface area contributed by atoms with Crippen molar-refractivity contribution < 1.29 is 9.90 Å². The molecule has 2 nitrogen and oxygen atoms in total. The van der Waals surface area contributed by atoms with Gasteiger partial charge in [0.25, 0.3) is 0 Å². The molecule has 4 aliphatic rings. The Bertz CT molecular complexity index is 454. The van der Waals surface area contributed by atoms with Crippen LogP contribution >= 0.6 is 0 Å². The van der Waals surface area contributed by atoms with Crippen LogP contribution in [0.5, 0.6) is 0 Å². The standard InChI is InChI=1S/C19H30O2/c1-18(21)9-7-13-12(11-18)3-4-15-14(13)8-10-19(2)16(15)5-6-17(19)20/h12-16,21H,3-11H2,1-2H3/t12-,13+,14-,15-,16+,18-,19+/m1/s1. The minimum absolute atomic E-state index is 0.0220. The van der Waals surface area contributed by atoms with Crippen molar-refractivity contribution in [3.05, 3.63) is 0 Å². The lowest BCUT2D eigenvalue weighted by Gasteiger charge is -2.55. The first kappa shape index (κ1) is 14.2. The first-order chi connectivity index (χ1) is 9.91. The number of hydrogen-bond donors (Lipinski definition) is 1. The van der Waals surface area contributed by atoms with E-state index in [9.17, 15) is 9.90 Å². The summed E-state index contributed by atoms with van der Waals surface area (Å²) in [4.78, 5) is 12.3. The monoisotopic (exact) mass is 290 g/mol. The molecule has 0 bridgehead atoms. The molecule has 4 rings (SSSR count). The minimum atomic E-state index is -0.416. The molecule has 0 saturated heterocycles. The van der Waals surface area contributed by atoms with Crippen LogP contribution in [0.2, 0.25) is 0 Å². The lowest BCUT2D eigenvalue weighted by atomic mass is 9.50. The van der Waals surface area contributed by atoms with E-state index in [2.05, 4.69) is 6.92 Å². The lowest BCUT2D eigenvalue weighted by Crippen LogP contribution is -2.50. The van der Waals surface area contributed by atoms with Gasteiger partial charge in [0.1, 0.15) is 5.78 Å². The van der Waals surface area contributed by atoms with Crippen LogP contribution in [0.15, 0.2) is 0 Å². The number of ketones is 1. The second-order valence-corrected chi connectivity index (χ2v) is 9.09. The SMILES string of the molecule is C[C@@]1(O)CC[C@H]2[C@H](CC[C@@H]3[C@@H]2CC[C@]2(C)C(=O)CC[C@@H]32)C1. The Kier molecular flexibility index (Phi) is 3.10. The molecular weight excluding hydrogens is 260 g/mol. The Hall–Kier alpha value is -0.370. The van der Waals surface area contributed by atoms with Crippen molar-refractivity contribution >= 4 is 5.78 Å². The molecule has 4 aliphatic carbocycles. The molecule has 7 atom stereocenters. The van der Waals surface area contributed by atoms with Gasteiger partial charge in [-0.25, -0.2) is 0 Å². The van der Waals surface area contributed by atoms with E-state index in [0.29, 0.717) is 11.7 Å². The lowest BCUT2D eigenvalue weighted by molar-refractivity contribution is -0.134. The Balaban J connectivity index is 1.57. The molecule has 118 valence electrons. The van der Waals surface area contributed by atoms with Gasteiger partial charge in [0, 0.05) is 11.8 Å². The smallest absolute Gasteiger partial charge is 0.139 e. The minimum Gasteiger partial charge on any atom is -0.390 e. The van der Waals surface area contributed by atoms with E-state index in [4.69, 9.17) is 0 Å². The van der Waals surface area contributed by atoms with Gasteiger partial charge in [-0.2, -0.15) is 0 Å². The van der Waals surface area contributed by atoms with Crippen LogP contribution < -0.4 is 0 Å². The third-order valence-corrected chi connectivity index (χ3v) is 7.95. The predicted molar refractivity (Wildman–Crippen MR) is 82.7 cm³/mol. The van der Waals surface area contributed by atoms with Crippen molar-refractivity contribution in [1.82, 2.24) is 0 Å². The largest absolute Gasteiger partial charge is 0.390 e. The van der Waals surface area contributed by atoms with Gasteiger partial charge in [-0.1, -0.05) is 6.92 Å². The van der Waals surface area contributed by atoms with Crippen molar-refractivity contribution in [3.63, 3.8) is 0 Å². The molecule has 0 aliphatic heterocycles. The summed E-state index contributed by atoms with van der Waals surface area (Å²) in [6.07, 6.45) is 10.2. The van der Waals surface area contributed by atoms with Gasteiger partial charge in [0.2, 0.25) is 0 Å². The summed E-state index contributed by atoms with van der Waals surface area (Å²) in [5.74, 6) is 4.47. The third kappa shape index (κ3) is 2.04. The number of carbonyl (C=O) groups excluding carboxylic acids is 1. The molecule has 4 saturated carbocycles. The zero-order chi connectivity index (χ0) is 14.8. The summed E-state index contributed by atoms with van der Waals surface area (Å²) in [6.45, 7) is 4.30. The predicted octanol–water partition coefficient (Wildman–Crippen LogP) is 3.96. The van der Waals surface area contributed by atoms with Crippen LogP contribution in [-0.2, 0) is 4.79 Å². The van der Waals surface area contributed by atoms with Crippen LogP contribution in [0, 0.1) is 35.0 Å². The summed E-state index contributed by atoms with van der Waals surface area (Å²) < 4.78 is 0. The Morgan fingerprint density at radius 1 is 0.952 bits per heavy atom. The van der Waals surface area contributed by atoms with Gasteiger partial charge in [-0.15, -0.1) is 0 Å². The normalized spacial score (nSPS) is 56.5. The summed E-state index contributed by atoms with van der Waals surface area (Å²) in [5.41, 5.74) is -0.394. The maximum atomic E-state index is 12.3. The number of carbonyl (C=O) groups is 1.